The quantitative estimate of drug-likeness (QED) is 0.325. The van der Waals surface area contributed by atoms with E-state index in [1.165, 1.54) is 0 Å². The lowest BCUT2D eigenvalue weighted by molar-refractivity contribution is -0.118. The van der Waals surface area contributed by atoms with Gasteiger partial charge < -0.3 is 20.5 Å². The molecule has 37 heavy (non-hydrogen) atoms. The largest absolute Gasteiger partial charge is 0.494 e. The third-order valence-electron chi connectivity index (χ3n) is 5.73. The Hall–Kier alpha value is -3.61. The van der Waals surface area contributed by atoms with E-state index in [0.717, 1.165) is 45.3 Å². The van der Waals surface area contributed by atoms with Gasteiger partial charge in [-0.05, 0) is 75.8 Å². The third kappa shape index (κ3) is 8.20. The number of hydrogen-bond donors (Lipinski definition) is 2. The number of alkyl carbamates (subject to hydrolysis) is 1. The number of aryl methyl sites for hydroxylation is 1. The molecule has 7 nitrogen and oxygen atoms in total. The van der Waals surface area contributed by atoms with Crippen LogP contribution in [0.4, 0.5) is 4.79 Å². The van der Waals surface area contributed by atoms with Crippen LogP contribution in [-0.2, 0) is 22.5 Å². The lowest BCUT2D eigenvalue weighted by Crippen LogP contribution is -2.32. The van der Waals surface area contributed by atoms with Crippen molar-refractivity contribution in [1.29, 1.82) is 0 Å². The number of carbonyl (C=O) groups excluding carboxylic acids is 2. The molecular formula is C30H39N3O4. The van der Waals surface area contributed by atoms with Crippen LogP contribution < -0.4 is 15.8 Å². The van der Waals surface area contributed by atoms with Gasteiger partial charge in [0, 0.05) is 29.6 Å². The van der Waals surface area contributed by atoms with Gasteiger partial charge in [0.2, 0.25) is 5.91 Å². The number of pyridine rings is 1. The van der Waals surface area contributed by atoms with Crippen molar-refractivity contribution >= 4 is 22.9 Å². The number of primary amides is 1. The number of benzene rings is 2. The van der Waals surface area contributed by atoms with E-state index in [9.17, 15) is 9.59 Å². The van der Waals surface area contributed by atoms with E-state index < -0.39 is 11.7 Å². The van der Waals surface area contributed by atoms with Gasteiger partial charge in [-0.2, -0.15) is 0 Å². The van der Waals surface area contributed by atoms with Crippen LogP contribution in [-0.4, -0.2) is 29.2 Å². The monoisotopic (exact) mass is 505 g/mol. The molecule has 0 atom stereocenters. The molecule has 0 spiro atoms. The molecule has 3 aromatic rings. The second-order valence-electron chi connectivity index (χ2n) is 10.8. The first-order valence-corrected chi connectivity index (χ1v) is 12.8. The van der Waals surface area contributed by atoms with E-state index in [4.69, 9.17) is 20.2 Å². The number of aromatic nitrogens is 1. The molecule has 198 valence electrons. The smallest absolute Gasteiger partial charge is 0.407 e. The van der Waals surface area contributed by atoms with Crippen LogP contribution in [0.15, 0.2) is 42.5 Å². The number of carbonyl (C=O) groups is 2. The molecular weight excluding hydrogens is 466 g/mol. The summed E-state index contributed by atoms with van der Waals surface area (Å²) in [6.45, 7) is 12.6. The minimum Gasteiger partial charge on any atom is -0.494 e. The molecule has 2 amide bonds. The predicted octanol–water partition coefficient (Wildman–Crippen LogP) is 6.08. The van der Waals surface area contributed by atoms with Crippen LogP contribution in [0.2, 0.25) is 0 Å². The maximum absolute atomic E-state index is 12.6. The molecule has 3 N–H and O–H groups in total. The fourth-order valence-corrected chi connectivity index (χ4v) is 4.13. The summed E-state index contributed by atoms with van der Waals surface area (Å²) in [6, 6.07) is 14.2. The summed E-state index contributed by atoms with van der Waals surface area (Å²) in [5.41, 5.74) is 10.6. The number of ether oxygens (including phenoxy) is 2. The Morgan fingerprint density at radius 3 is 2.41 bits per heavy atom. The number of nitrogens with zero attached hydrogens (tertiary/aromatic N) is 1. The second kappa shape index (κ2) is 12.1. The summed E-state index contributed by atoms with van der Waals surface area (Å²) < 4.78 is 11.4. The number of hydrogen-bond acceptors (Lipinski definition) is 5. The van der Waals surface area contributed by atoms with Gasteiger partial charge in [0.25, 0.3) is 0 Å². The molecule has 3 rings (SSSR count). The Morgan fingerprint density at radius 2 is 1.78 bits per heavy atom. The molecule has 1 heterocycles. The minimum absolute atomic E-state index is 0.281. The van der Waals surface area contributed by atoms with Gasteiger partial charge in [0.1, 0.15) is 11.4 Å². The van der Waals surface area contributed by atoms with Gasteiger partial charge in [-0.15, -0.1) is 0 Å². The zero-order chi connectivity index (χ0) is 27.2. The molecule has 0 saturated carbocycles. The number of amides is 2. The molecule has 0 aliphatic rings. The maximum Gasteiger partial charge on any atom is 0.407 e. The summed E-state index contributed by atoms with van der Waals surface area (Å²) in [4.78, 5) is 28.6. The van der Waals surface area contributed by atoms with E-state index in [0.29, 0.717) is 24.7 Å². The normalized spacial score (nSPS) is 11.5. The highest BCUT2D eigenvalue weighted by Crippen LogP contribution is 2.36. The average Bonchev–Trinajstić information content (AvgIpc) is 2.79. The zero-order valence-electron chi connectivity index (χ0n) is 22.8. The van der Waals surface area contributed by atoms with Crippen LogP contribution in [0.3, 0.4) is 0 Å². The van der Waals surface area contributed by atoms with Gasteiger partial charge >= 0.3 is 6.09 Å². The van der Waals surface area contributed by atoms with Crippen LogP contribution in [0, 0.1) is 12.8 Å². The van der Waals surface area contributed by atoms with E-state index >= 15 is 0 Å². The van der Waals surface area contributed by atoms with Crippen molar-refractivity contribution in [1.82, 2.24) is 10.3 Å². The zero-order valence-corrected chi connectivity index (χ0v) is 22.8. The van der Waals surface area contributed by atoms with Gasteiger partial charge in [-0.25, -0.2) is 4.79 Å². The summed E-state index contributed by atoms with van der Waals surface area (Å²) in [5.74, 6) is 0.728. The Labute approximate surface area is 219 Å². The topological polar surface area (TPSA) is 104 Å². The minimum atomic E-state index is -0.590. The Balaban J connectivity index is 2.11. The average molecular weight is 506 g/mol. The van der Waals surface area contributed by atoms with Gasteiger partial charge in [0.05, 0.1) is 12.1 Å². The molecule has 1 aromatic heterocycles. The summed E-state index contributed by atoms with van der Waals surface area (Å²) >= 11 is 0. The first-order valence-electron chi connectivity index (χ1n) is 12.8. The Kier molecular flexibility index (Phi) is 9.14. The fourth-order valence-electron chi connectivity index (χ4n) is 4.13. The summed E-state index contributed by atoms with van der Waals surface area (Å²) in [6.07, 6.45) is 1.13. The SMILES string of the molecule is Cc1ccc(-c2c(CNC(=O)OC(C)(C)C)c(CC(C)C)nc3ccc(OCCCC(N)=O)cc23)cc1. The fraction of sp³-hybridized carbons (Fsp3) is 0.433. The third-order valence-corrected chi connectivity index (χ3v) is 5.73. The van der Waals surface area contributed by atoms with Crippen molar-refractivity contribution in [2.75, 3.05) is 6.61 Å². The molecule has 0 radical (unpaired) electrons. The van der Waals surface area contributed by atoms with Crippen molar-refractivity contribution in [2.45, 2.75) is 73.0 Å². The lowest BCUT2D eigenvalue weighted by atomic mass is 9.91. The van der Waals surface area contributed by atoms with E-state index in [1.807, 2.05) is 39.0 Å². The van der Waals surface area contributed by atoms with Crippen molar-refractivity contribution in [3.63, 3.8) is 0 Å². The van der Waals surface area contributed by atoms with Crippen LogP contribution in [0.25, 0.3) is 22.0 Å². The van der Waals surface area contributed by atoms with Crippen molar-refractivity contribution < 1.29 is 19.1 Å². The Morgan fingerprint density at radius 1 is 1.08 bits per heavy atom. The number of fused-ring (bicyclic) bond motifs is 1. The second-order valence-corrected chi connectivity index (χ2v) is 10.8. The predicted molar refractivity (Wildman–Crippen MR) is 147 cm³/mol. The lowest BCUT2D eigenvalue weighted by Gasteiger charge is -2.22. The number of rotatable bonds is 10. The highest BCUT2D eigenvalue weighted by Gasteiger charge is 2.21. The van der Waals surface area contributed by atoms with Crippen LogP contribution in [0.1, 0.15) is 64.3 Å². The van der Waals surface area contributed by atoms with Crippen LogP contribution in [0.5, 0.6) is 5.75 Å². The van der Waals surface area contributed by atoms with Gasteiger partial charge in [0.15, 0.2) is 0 Å². The van der Waals surface area contributed by atoms with E-state index in [1.54, 1.807) is 0 Å². The molecule has 0 saturated heterocycles. The molecule has 0 fully saturated rings. The summed E-state index contributed by atoms with van der Waals surface area (Å²) in [5, 5.41) is 3.88. The molecule has 2 aromatic carbocycles. The molecule has 0 unspecified atom stereocenters. The van der Waals surface area contributed by atoms with Gasteiger partial charge in [-0.3, -0.25) is 9.78 Å². The first kappa shape index (κ1) is 28.0. The molecule has 7 heteroatoms. The highest BCUT2D eigenvalue weighted by atomic mass is 16.6. The van der Waals surface area contributed by atoms with Gasteiger partial charge in [-0.1, -0.05) is 43.7 Å². The first-order chi connectivity index (χ1) is 17.4. The highest BCUT2D eigenvalue weighted by molar-refractivity contribution is 5.97. The maximum atomic E-state index is 12.6. The number of nitrogens with one attached hydrogen (secondary N) is 1. The Bertz CT molecular complexity index is 1240. The van der Waals surface area contributed by atoms with E-state index in [2.05, 4.69) is 50.4 Å². The standard InChI is InChI=1S/C30H39N3O4/c1-19(2)16-26-24(18-32-29(35)37-30(4,5)6)28(21-11-9-20(3)10-12-21)23-17-22(13-14-25(23)33-26)36-15-7-8-27(31)34/h9-14,17,19H,7-8,15-16,18H2,1-6H3,(H2,31,34)(H,32,35). The van der Waals surface area contributed by atoms with Crippen molar-refractivity contribution in [3.8, 4) is 16.9 Å². The molecule has 0 aliphatic carbocycles. The summed E-state index contributed by atoms with van der Waals surface area (Å²) in [7, 11) is 0. The van der Waals surface area contributed by atoms with Crippen molar-refractivity contribution in [3.05, 3.63) is 59.3 Å². The number of nitrogens with two attached hydrogens (primary N) is 1. The molecule has 0 aliphatic heterocycles. The molecule has 0 bridgehead atoms. The van der Waals surface area contributed by atoms with E-state index in [-0.39, 0.29) is 18.9 Å². The van der Waals surface area contributed by atoms with Crippen molar-refractivity contribution in [2.24, 2.45) is 11.7 Å². The van der Waals surface area contributed by atoms with Crippen LogP contribution >= 0.6 is 0 Å².